The Morgan fingerprint density at radius 1 is 1.12 bits per heavy atom. The van der Waals surface area contributed by atoms with Crippen molar-refractivity contribution in [3.8, 4) is 17.0 Å². The average molecular weight is 578 g/mol. The molecule has 3 aromatic rings. The molecule has 1 saturated heterocycles. The van der Waals surface area contributed by atoms with Crippen LogP contribution >= 0.6 is 0 Å². The van der Waals surface area contributed by atoms with Crippen molar-refractivity contribution in [3.05, 3.63) is 41.7 Å². The number of alkyl halides is 7. The van der Waals surface area contributed by atoms with Gasteiger partial charge in [0.1, 0.15) is 23.8 Å². The first kappa shape index (κ1) is 28.8. The third kappa shape index (κ3) is 5.07. The average Bonchev–Trinajstić information content (AvgIpc) is 3.44. The number of ether oxygens (including phenoxy) is 1. The number of halogens is 7. The highest BCUT2D eigenvalue weighted by atomic mass is 19.4. The SMILES string of the molecule is COc1cc(C(=O)N[C@@H]2CN(C(=O)[C@@](C)(O)C(F)(F)F)C[C@@H]2F)cc(-c2cc(C(F)(F)F)c3c(N)ncnn23)c1. The number of benzene rings is 1. The molecule has 1 aliphatic heterocycles. The second-order valence-corrected chi connectivity index (χ2v) is 9.17. The number of aliphatic hydroxyl groups is 1. The lowest BCUT2D eigenvalue weighted by Gasteiger charge is -2.29. The number of methoxy groups -OCH3 is 1. The van der Waals surface area contributed by atoms with E-state index in [2.05, 4.69) is 15.4 Å². The van der Waals surface area contributed by atoms with E-state index in [0.717, 1.165) is 23.0 Å². The summed E-state index contributed by atoms with van der Waals surface area (Å²) in [5.41, 5.74) is -0.0919. The molecule has 4 N–H and O–H groups in total. The summed E-state index contributed by atoms with van der Waals surface area (Å²) in [6, 6.07) is 2.97. The molecular weight excluding hydrogens is 557 g/mol. The van der Waals surface area contributed by atoms with Gasteiger partial charge < -0.3 is 25.8 Å². The van der Waals surface area contributed by atoms with Gasteiger partial charge in [0.2, 0.25) is 5.60 Å². The molecule has 1 fully saturated rings. The number of likely N-dealkylation sites (tertiary alicyclic amines) is 1. The van der Waals surface area contributed by atoms with Crippen molar-refractivity contribution < 1.29 is 50.2 Å². The molecule has 3 heterocycles. The van der Waals surface area contributed by atoms with Crippen LogP contribution in [0.1, 0.15) is 22.8 Å². The molecule has 2 aromatic heterocycles. The molecular formula is C23H21F7N6O4. The first-order valence-electron chi connectivity index (χ1n) is 11.4. The predicted octanol–water partition coefficient (Wildman–Crippen LogP) is 2.60. The van der Waals surface area contributed by atoms with E-state index < -0.39 is 72.0 Å². The van der Waals surface area contributed by atoms with Crippen molar-refractivity contribution in [2.24, 2.45) is 0 Å². The van der Waals surface area contributed by atoms with E-state index >= 15 is 0 Å². The zero-order valence-electron chi connectivity index (χ0n) is 20.6. The topological polar surface area (TPSA) is 135 Å². The number of carbonyl (C=O) groups is 2. The van der Waals surface area contributed by atoms with Crippen molar-refractivity contribution in [3.63, 3.8) is 0 Å². The number of nitrogens with two attached hydrogens (primary N) is 1. The minimum Gasteiger partial charge on any atom is -0.497 e. The van der Waals surface area contributed by atoms with Crippen molar-refractivity contribution in [1.82, 2.24) is 24.8 Å². The Morgan fingerprint density at radius 3 is 2.40 bits per heavy atom. The van der Waals surface area contributed by atoms with E-state index in [0.29, 0.717) is 4.90 Å². The van der Waals surface area contributed by atoms with Gasteiger partial charge in [-0.25, -0.2) is 13.9 Å². The van der Waals surface area contributed by atoms with E-state index in [1.54, 1.807) is 0 Å². The largest absolute Gasteiger partial charge is 0.497 e. The number of hydrogen-bond donors (Lipinski definition) is 3. The number of carbonyl (C=O) groups excluding carboxylic acids is 2. The van der Waals surface area contributed by atoms with Gasteiger partial charge in [0, 0.05) is 17.7 Å². The lowest BCUT2D eigenvalue weighted by molar-refractivity contribution is -0.249. The first-order chi connectivity index (χ1) is 18.5. The molecule has 10 nitrogen and oxygen atoms in total. The summed E-state index contributed by atoms with van der Waals surface area (Å²) in [5.74, 6) is -3.18. The van der Waals surface area contributed by atoms with Crippen LogP contribution in [0, 0.1) is 0 Å². The highest BCUT2D eigenvalue weighted by Gasteiger charge is 2.58. The molecule has 0 spiro atoms. The van der Waals surface area contributed by atoms with Crippen LogP contribution in [-0.2, 0) is 11.0 Å². The number of nitrogens with one attached hydrogen (secondary N) is 1. The molecule has 0 saturated carbocycles. The molecule has 3 atom stereocenters. The highest BCUT2D eigenvalue weighted by Crippen LogP contribution is 2.39. The predicted molar refractivity (Wildman–Crippen MR) is 124 cm³/mol. The van der Waals surface area contributed by atoms with Crippen molar-refractivity contribution in [2.75, 3.05) is 25.9 Å². The Labute approximate surface area is 220 Å². The minimum atomic E-state index is -5.32. The van der Waals surface area contributed by atoms with Crippen molar-refractivity contribution in [1.29, 1.82) is 0 Å². The second-order valence-electron chi connectivity index (χ2n) is 9.17. The summed E-state index contributed by atoms with van der Waals surface area (Å²) >= 11 is 0. The number of nitrogen functional groups attached to an aromatic ring is 1. The van der Waals surface area contributed by atoms with E-state index in [1.165, 1.54) is 19.2 Å². The van der Waals surface area contributed by atoms with Crippen LogP contribution in [0.3, 0.4) is 0 Å². The van der Waals surface area contributed by atoms with Gasteiger partial charge in [-0.15, -0.1) is 0 Å². The summed E-state index contributed by atoms with van der Waals surface area (Å²) in [4.78, 5) is 29.3. The van der Waals surface area contributed by atoms with Gasteiger partial charge in [-0.05, 0) is 31.2 Å². The molecule has 1 aliphatic rings. The molecule has 1 aromatic carbocycles. The van der Waals surface area contributed by atoms with Gasteiger partial charge in [-0.1, -0.05) is 0 Å². The molecule has 216 valence electrons. The van der Waals surface area contributed by atoms with Crippen LogP contribution in [0.25, 0.3) is 16.8 Å². The Kier molecular flexibility index (Phi) is 7.06. The fourth-order valence-corrected chi connectivity index (χ4v) is 4.23. The monoisotopic (exact) mass is 578 g/mol. The van der Waals surface area contributed by atoms with Crippen LogP contribution in [0.15, 0.2) is 30.6 Å². The molecule has 0 aliphatic carbocycles. The smallest absolute Gasteiger partial charge is 0.426 e. The van der Waals surface area contributed by atoms with Crippen LogP contribution in [0.5, 0.6) is 5.75 Å². The molecule has 0 bridgehead atoms. The number of aromatic nitrogens is 3. The summed E-state index contributed by atoms with van der Waals surface area (Å²) in [6.45, 7) is -1.26. The molecule has 0 radical (unpaired) electrons. The van der Waals surface area contributed by atoms with Gasteiger partial charge in [-0.3, -0.25) is 9.59 Å². The highest BCUT2D eigenvalue weighted by molar-refractivity contribution is 5.96. The summed E-state index contributed by atoms with van der Waals surface area (Å²) < 4.78 is 101. The summed E-state index contributed by atoms with van der Waals surface area (Å²) in [7, 11) is 1.23. The van der Waals surface area contributed by atoms with Gasteiger partial charge in [0.05, 0.1) is 31.0 Å². The quantitative estimate of drug-likeness (QED) is 0.396. The maximum atomic E-state index is 14.6. The van der Waals surface area contributed by atoms with Gasteiger partial charge in [0.15, 0.2) is 5.82 Å². The second kappa shape index (κ2) is 9.79. The molecule has 4 rings (SSSR count). The molecule has 2 amide bonds. The maximum Gasteiger partial charge on any atom is 0.426 e. The third-order valence-corrected chi connectivity index (χ3v) is 6.41. The molecule has 17 heteroatoms. The third-order valence-electron chi connectivity index (χ3n) is 6.41. The van der Waals surface area contributed by atoms with Gasteiger partial charge in [-0.2, -0.15) is 31.4 Å². The van der Waals surface area contributed by atoms with Crippen molar-refractivity contribution >= 4 is 23.1 Å². The minimum absolute atomic E-state index is 0.0225. The Morgan fingerprint density at radius 2 is 1.80 bits per heavy atom. The zero-order valence-corrected chi connectivity index (χ0v) is 20.6. The number of fused-ring (bicyclic) bond motifs is 1. The van der Waals surface area contributed by atoms with E-state index in [4.69, 9.17) is 10.5 Å². The zero-order chi connectivity index (χ0) is 29.8. The lowest BCUT2D eigenvalue weighted by atomic mass is 10.1. The van der Waals surface area contributed by atoms with E-state index in [9.17, 15) is 45.4 Å². The Hall–Kier alpha value is -4.15. The summed E-state index contributed by atoms with van der Waals surface area (Å²) in [5, 5.41) is 15.7. The number of hydrogen-bond acceptors (Lipinski definition) is 7. The number of nitrogens with zero attached hydrogens (tertiary/aromatic N) is 4. The Bertz CT molecular complexity index is 1470. The first-order valence-corrected chi connectivity index (χ1v) is 11.4. The fourth-order valence-electron chi connectivity index (χ4n) is 4.23. The van der Waals surface area contributed by atoms with E-state index in [1.807, 2.05) is 0 Å². The Balaban J connectivity index is 1.65. The van der Waals surface area contributed by atoms with Gasteiger partial charge in [0.25, 0.3) is 11.8 Å². The molecule has 0 unspecified atom stereocenters. The van der Waals surface area contributed by atoms with Crippen LogP contribution in [0.2, 0.25) is 0 Å². The van der Waals surface area contributed by atoms with Crippen LogP contribution in [-0.4, -0.2) is 80.6 Å². The van der Waals surface area contributed by atoms with Crippen molar-refractivity contribution in [2.45, 2.75) is 37.1 Å². The number of amides is 2. The fraction of sp³-hybridized carbons (Fsp3) is 0.391. The number of anilines is 1. The van der Waals surface area contributed by atoms with Gasteiger partial charge >= 0.3 is 12.4 Å². The normalized spacial score (nSPS) is 19.5. The van der Waals surface area contributed by atoms with Crippen LogP contribution in [0.4, 0.5) is 36.6 Å². The van der Waals surface area contributed by atoms with E-state index in [-0.39, 0.29) is 29.5 Å². The lowest BCUT2D eigenvalue weighted by Crippen LogP contribution is -2.56. The summed E-state index contributed by atoms with van der Waals surface area (Å²) in [6.07, 6.45) is -11.2. The number of rotatable bonds is 5. The van der Waals surface area contributed by atoms with Crippen LogP contribution < -0.4 is 15.8 Å². The molecule has 40 heavy (non-hydrogen) atoms. The maximum absolute atomic E-state index is 14.6. The standard InChI is InChI=1S/C23H21F7N6O4/c1-21(39,23(28,29)30)20(38)35-7-14(24)15(8-35)34-19(37)11-3-10(4-12(5-11)40-2)16-6-13(22(25,26)27)17-18(31)32-9-33-36(16)17/h3-6,9,14-15,39H,7-8H2,1-2H3,(H,34,37)(H2,31,32,33)/t14-,15+,21+/m0/s1.